The fourth-order valence-electron chi connectivity index (χ4n) is 1.71. The Kier molecular flexibility index (Phi) is 6.45. The SMILES string of the molecule is CC(O)COC(C(F)(F)C(F)(F)F)(C(F)(F)C(F)(F)F)C(F)(F)C(F)(F)F. The Morgan fingerprint density at radius 3 is 0.963 bits per heavy atom. The summed E-state index contributed by atoms with van der Waals surface area (Å²) in [5.41, 5.74) is -7.86. The summed E-state index contributed by atoms with van der Waals surface area (Å²) in [5, 5.41) is 8.62. The molecule has 0 aromatic heterocycles. The van der Waals surface area contributed by atoms with Crippen molar-refractivity contribution in [1.29, 1.82) is 0 Å². The molecule has 0 aromatic carbocycles. The molecule has 164 valence electrons. The van der Waals surface area contributed by atoms with Gasteiger partial charge in [-0.2, -0.15) is 65.9 Å². The molecule has 0 aromatic rings. The Hall–Kier alpha value is -1.13. The van der Waals surface area contributed by atoms with Crippen LogP contribution in [-0.4, -0.2) is 59.7 Å². The monoisotopic (exact) mass is 444 g/mol. The summed E-state index contributed by atoms with van der Waals surface area (Å²) in [7, 11) is 0. The number of aliphatic hydroxyl groups is 1. The molecular weight excluding hydrogens is 437 g/mol. The van der Waals surface area contributed by atoms with Crippen molar-refractivity contribution in [3.05, 3.63) is 0 Å². The predicted octanol–water partition coefficient (Wildman–Crippen LogP) is 4.72. The van der Waals surface area contributed by atoms with Crippen LogP contribution >= 0.6 is 0 Å². The number of hydrogen-bond acceptors (Lipinski definition) is 2. The molecule has 1 unspecified atom stereocenters. The van der Waals surface area contributed by atoms with E-state index in [2.05, 4.69) is 4.74 Å². The molecular formula is C10H7F15O2. The van der Waals surface area contributed by atoms with E-state index in [1.54, 1.807) is 0 Å². The van der Waals surface area contributed by atoms with Crippen LogP contribution in [0, 0.1) is 0 Å². The molecule has 0 aliphatic carbocycles. The van der Waals surface area contributed by atoms with Crippen molar-refractivity contribution in [1.82, 2.24) is 0 Å². The van der Waals surface area contributed by atoms with Gasteiger partial charge in [0.2, 0.25) is 0 Å². The number of aliphatic hydroxyl groups excluding tert-OH is 1. The van der Waals surface area contributed by atoms with Crippen LogP contribution in [0.5, 0.6) is 0 Å². The van der Waals surface area contributed by atoms with Crippen LogP contribution < -0.4 is 0 Å². The van der Waals surface area contributed by atoms with Crippen molar-refractivity contribution in [2.45, 2.75) is 54.9 Å². The molecule has 17 heteroatoms. The van der Waals surface area contributed by atoms with E-state index < -0.39 is 54.6 Å². The predicted molar refractivity (Wildman–Crippen MR) is 53.4 cm³/mol. The lowest BCUT2D eigenvalue weighted by molar-refractivity contribution is -0.495. The Morgan fingerprint density at radius 1 is 0.593 bits per heavy atom. The first-order valence-electron chi connectivity index (χ1n) is 6.07. The van der Waals surface area contributed by atoms with Gasteiger partial charge in [-0.15, -0.1) is 0 Å². The van der Waals surface area contributed by atoms with Crippen LogP contribution in [0.3, 0.4) is 0 Å². The van der Waals surface area contributed by atoms with Crippen LogP contribution in [0.1, 0.15) is 6.92 Å². The summed E-state index contributed by atoms with van der Waals surface area (Å²) in [6.45, 7) is -2.35. The first-order chi connectivity index (χ1) is 11.4. The van der Waals surface area contributed by atoms with Gasteiger partial charge in [0, 0.05) is 0 Å². The third kappa shape index (κ3) is 3.75. The number of halogens is 15. The molecule has 0 saturated carbocycles. The molecule has 0 rings (SSSR count). The zero-order chi connectivity index (χ0) is 22.5. The zero-order valence-electron chi connectivity index (χ0n) is 12.3. The lowest BCUT2D eigenvalue weighted by Crippen LogP contribution is -2.81. The average Bonchev–Trinajstić information content (AvgIpc) is 2.33. The van der Waals surface area contributed by atoms with Crippen molar-refractivity contribution in [3.8, 4) is 0 Å². The topological polar surface area (TPSA) is 29.5 Å². The largest absolute Gasteiger partial charge is 0.456 e. The van der Waals surface area contributed by atoms with E-state index in [4.69, 9.17) is 5.11 Å². The van der Waals surface area contributed by atoms with E-state index >= 15 is 0 Å². The maximum atomic E-state index is 13.5. The standard InChI is InChI=1S/C10H7F15O2/c1-3(26)2-27-4(5(11,12)8(17,18)19,6(13,14)9(20,21)22)7(15,16)10(23,24)25/h3,26H,2H2,1H3. The minimum Gasteiger partial charge on any atom is -0.391 e. The fourth-order valence-corrected chi connectivity index (χ4v) is 1.71. The highest BCUT2D eigenvalue weighted by Gasteiger charge is 2.97. The summed E-state index contributed by atoms with van der Waals surface area (Å²) in [5.74, 6) is -24.3. The molecule has 0 aliphatic heterocycles. The molecule has 0 saturated heterocycles. The van der Waals surface area contributed by atoms with Crippen LogP contribution in [-0.2, 0) is 4.74 Å². The normalized spacial score (nSPS) is 17.2. The van der Waals surface area contributed by atoms with E-state index in [0.29, 0.717) is 0 Å². The molecule has 0 radical (unpaired) electrons. The van der Waals surface area contributed by atoms with Crippen molar-refractivity contribution in [2.75, 3.05) is 6.61 Å². The molecule has 1 atom stereocenters. The summed E-state index contributed by atoms with van der Waals surface area (Å²) < 4.78 is 195. The van der Waals surface area contributed by atoms with Gasteiger partial charge >= 0.3 is 36.3 Å². The molecule has 27 heavy (non-hydrogen) atoms. The van der Waals surface area contributed by atoms with Gasteiger partial charge in [0.25, 0.3) is 5.60 Å². The molecule has 0 heterocycles. The Bertz CT molecular complexity index is 448. The van der Waals surface area contributed by atoms with Gasteiger partial charge in [-0.25, -0.2) is 0 Å². The van der Waals surface area contributed by atoms with E-state index in [1.165, 1.54) is 0 Å². The molecule has 0 amide bonds. The van der Waals surface area contributed by atoms with Gasteiger partial charge in [0.1, 0.15) is 0 Å². The summed E-state index contributed by atoms with van der Waals surface area (Å²) in [4.78, 5) is 0. The second-order valence-electron chi connectivity index (χ2n) is 5.06. The zero-order valence-corrected chi connectivity index (χ0v) is 12.3. The van der Waals surface area contributed by atoms with Crippen molar-refractivity contribution < 1.29 is 75.7 Å². The summed E-state index contributed by atoms with van der Waals surface area (Å²) in [6, 6.07) is 0. The Morgan fingerprint density at radius 2 is 0.815 bits per heavy atom. The molecule has 2 nitrogen and oxygen atoms in total. The second kappa shape index (κ2) is 6.73. The highest BCUT2D eigenvalue weighted by atomic mass is 19.4. The highest BCUT2D eigenvalue weighted by molar-refractivity contribution is 5.19. The first-order valence-corrected chi connectivity index (χ1v) is 6.07. The molecule has 0 aliphatic rings. The average molecular weight is 444 g/mol. The van der Waals surface area contributed by atoms with Crippen LogP contribution in [0.25, 0.3) is 0 Å². The minimum absolute atomic E-state index is 0.244. The van der Waals surface area contributed by atoms with E-state index in [9.17, 15) is 65.9 Å². The van der Waals surface area contributed by atoms with Crippen LogP contribution in [0.15, 0.2) is 0 Å². The lowest BCUT2D eigenvalue weighted by atomic mass is 9.79. The number of alkyl halides is 15. The summed E-state index contributed by atoms with van der Waals surface area (Å²) >= 11 is 0. The molecule has 1 N–H and O–H groups in total. The van der Waals surface area contributed by atoms with Crippen molar-refractivity contribution in [2.24, 2.45) is 0 Å². The van der Waals surface area contributed by atoms with Gasteiger partial charge in [-0.3, -0.25) is 0 Å². The number of hydrogen-bond donors (Lipinski definition) is 1. The lowest BCUT2D eigenvalue weighted by Gasteiger charge is -2.48. The van der Waals surface area contributed by atoms with Crippen molar-refractivity contribution in [3.63, 3.8) is 0 Å². The third-order valence-electron chi connectivity index (χ3n) is 2.94. The van der Waals surface area contributed by atoms with Crippen LogP contribution in [0.4, 0.5) is 65.9 Å². The third-order valence-corrected chi connectivity index (χ3v) is 2.94. The minimum atomic E-state index is -8.10. The van der Waals surface area contributed by atoms with Crippen LogP contribution in [0.2, 0.25) is 0 Å². The van der Waals surface area contributed by atoms with Gasteiger partial charge in [0.15, 0.2) is 0 Å². The molecule has 0 fully saturated rings. The van der Waals surface area contributed by atoms with Gasteiger partial charge in [-0.05, 0) is 6.92 Å². The number of rotatable bonds is 6. The fraction of sp³-hybridized carbons (Fsp3) is 1.00. The molecule has 0 spiro atoms. The van der Waals surface area contributed by atoms with E-state index in [-0.39, 0.29) is 6.92 Å². The van der Waals surface area contributed by atoms with Crippen molar-refractivity contribution >= 4 is 0 Å². The second-order valence-corrected chi connectivity index (χ2v) is 5.06. The van der Waals surface area contributed by atoms with Gasteiger partial charge in [0.05, 0.1) is 12.7 Å². The van der Waals surface area contributed by atoms with E-state index in [0.717, 1.165) is 0 Å². The molecule has 0 bridgehead atoms. The Balaban J connectivity index is 7.39. The summed E-state index contributed by atoms with van der Waals surface area (Å²) in [6.07, 6.45) is -25.9. The first kappa shape index (κ1) is 25.9. The van der Waals surface area contributed by atoms with Gasteiger partial charge in [-0.1, -0.05) is 0 Å². The Labute approximate surface area is 138 Å². The highest BCUT2D eigenvalue weighted by Crippen LogP contribution is 2.65. The van der Waals surface area contributed by atoms with E-state index in [1.807, 2.05) is 0 Å². The number of ether oxygens (including phenoxy) is 1. The van der Waals surface area contributed by atoms with Gasteiger partial charge < -0.3 is 9.84 Å². The maximum Gasteiger partial charge on any atom is 0.456 e. The maximum absolute atomic E-state index is 13.5. The quantitative estimate of drug-likeness (QED) is 0.602. The smallest absolute Gasteiger partial charge is 0.391 e.